The SMILES string of the molecule is CCN(C(=O)/C=C\c1ccc(C#N)cc1)[C@H]1CC(=O)NC1=O. The lowest BCUT2D eigenvalue weighted by atomic mass is 10.1. The van der Waals surface area contributed by atoms with Gasteiger partial charge in [0, 0.05) is 12.6 Å². The molecule has 0 saturated carbocycles. The average molecular weight is 297 g/mol. The minimum Gasteiger partial charge on any atom is -0.327 e. The number of nitrogens with one attached hydrogen (secondary N) is 1. The van der Waals surface area contributed by atoms with Gasteiger partial charge in [-0.1, -0.05) is 12.1 Å². The largest absolute Gasteiger partial charge is 0.327 e. The van der Waals surface area contributed by atoms with Crippen LogP contribution in [-0.2, 0) is 14.4 Å². The Kier molecular flexibility index (Phi) is 4.69. The number of hydrogen-bond donors (Lipinski definition) is 1. The lowest BCUT2D eigenvalue weighted by Crippen LogP contribution is -2.43. The van der Waals surface area contributed by atoms with Crippen molar-refractivity contribution in [1.82, 2.24) is 10.2 Å². The highest BCUT2D eigenvalue weighted by molar-refractivity contribution is 6.07. The Balaban J connectivity index is 2.08. The molecule has 6 heteroatoms. The molecule has 6 nitrogen and oxygen atoms in total. The second-order valence-electron chi connectivity index (χ2n) is 4.82. The lowest BCUT2D eigenvalue weighted by molar-refractivity contribution is -0.135. The molecule has 1 aliphatic heterocycles. The Labute approximate surface area is 128 Å². The van der Waals surface area contributed by atoms with Crippen molar-refractivity contribution < 1.29 is 14.4 Å². The highest BCUT2D eigenvalue weighted by atomic mass is 16.2. The van der Waals surface area contributed by atoms with E-state index < -0.39 is 11.9 Å². The first kappa shape index (κ1) is 15.4. The first-order chi connectivity index (χ1) is 10.5. The van der Waals surface area contributed by atoms with E-state index in [-0.39, 0.29) is 18.2 Å². The number of benzene rings is 1. The Bertz CT molecular complexity index is 671. The third-order valence-corrected chi connectivity index (χ3v) is 3.40. The summed E-state index contributed by atoms with van der Waals surface area (Å²) in [4.78, 5) is 36.5. The molecule has 0 aliphatic carbocycles. The highest BCUT2D eigenvalue weighted by Gasteiger charge is 2.36. The molecule has 1 aromatic carbocycles. The molecule has 0 radical (unpaired) electrons. The summed E-state index contributed by atoms with van der Waals surface area (Å²) in [5.41, 5.74) is 1.31. The fourth-order valence-corrected chi connectivity index (χ4v) is 2.25. The number of nitrogens with zero attached hydrogens (tertiary/aromatic N) is 2. The van der Waals surface area contributed by atoms with Crippen molar-refractivity contribution in [3.8, 4) is 6.07 Å². The van der Waals surface area contributed by atoms with Gasteiger partial charge in [-0.2, -0.15) is 5.26 Å². The average Bonchev–Trinajstić information content (AvgIpc) is 2.85. The standard InChI is InChI=1S/C16H15N3O3/c1-2-19(13-9-14(20)18-16(13)22)15(21)8-7-11-3-5-12(10-17)6-4-11/h3-8,13H,2,9H2,1H3,(H,18,20,22)/b8-7-/t13-/m0/s1. The smallest absolute Gasteiger partial charge is 0.249 e. The number of likely N-dealkylation sites (N-methyl/N-ethyl adjacent to an activating group) is 1. The molecule has 1 heterocycles. The second-order valence-corrected chi connectivity index (χ2v) is 4.82. The van der Waals surface area contributed by atoms with Crippen LogP contribution in [0, 0.1) is 11.3 Å². The van der Waals surface area contributed by atoms with E-state index in [1.165, 1.54) is 11.0 Å². The summed E-state index contributed by atoms with van der Waals surface area (Å²) < 4.78 is 0. The van der Waals surface area contributed by atoms with Gasteiger partial charge in [0.15, 0.2) is 0 Å². The van der Waals surface area contributed by atoms with E-state index in [4.69, 9.17) is 5.26 Å². The molecule has 0 spiro atoms. The van der Waals surface area contributed by atoms with Gasteiger partial charge in [-0.05, 0) is 30.7 Å². The van der Waals surface area contributed by atoms with E-state index in [0.29, 0.717) is 12.1 Å². The van der Waals surface area contributed by atoms with Gasteiger partial charge in [0.25, 0.3) is 0 Å². The molecule has 1 aliphatic rings. The number of carbonyl (C=O) groups is 3. The summed E-state index contributed by atoms with van der Waals surface area (Å²) in [6.45, 7) is 2.09. The van der Waals surface area contributed by atoms with Gasteiger partial charge in [-0.25, -0.2) is 0 Å². The number of rotatable bonds is 4. The lowest BCUT2D eigenvalue weighted by Gasteiger charge is -2.23. The number of amides is 3. The van der Waals surface area contributed by atoms with Gasteiger partial charge in [0.1, 0.15) is 6.04 Å². The van der Waals surface area contributed by atoms with Gasteiger partial charge in [-0.3, -0.25) is 19.7 Å². The zero-order valence-electron chi connectivity index (χ0n) is 12.1. The Hall–Kier alpha value is -2.94. The van der Waals surface area contributed by atoms with Crippen LogP contribution in [0.2, 0.25) is 0 Å². The third-order valence-electron chi connectivity index (χ3n) is 3.40. The molecule has 1 atom stereocenters. The van der Waals surface area contributed by atoms with Crippen LogP contribution >= 0.6 is 0 Å². The van der Waals surface area contributed by atoms with Crippen LogP contribution in [0.15, 0.2) is 30.3 Å². The van der Waals surface area contributed by atoms with E-state index in [1.54, 1.807) is 37.3 Å². The predicted molar refractivity (Wildman–Crippen MR) is 79.1 cm³/mol. The maximum absolute atomic E-state index is 12.2. The Morgan fingerprint density at radius 3 is 2.59 bits per heavy atom. The second kappa shape index (κ2) is 6.68. The number of nitriles is 1. The monoisotopic (exact) mass is 297 g/mol. The molecule has 3 amide bonds. The topological polar surface area (TPSA) is 90.3 Å². The van der Waals surface area contributed by atoms with Gasteiger partial charge in [0.2, 0.25) is 17.7 Å². The molecule has 2 rings (SSSR count). The Morgan fingerprint density at radius 2 is 2.09 bits per heavy atom. The molecular weight excluding hydrogens is 282 g/mol. The van der Waals surface area contributed by atoms with Crippen LogP contribution in [0.25, 0.3) is 6.08 Å². The number of carbonyl (C=O) groups excluding carboxylic acids is 3. The number of imide groups is 1. The van der Waals surface area contributed by atoms with E-state index in [0.717, 1.165) is 5.56 Å². The van der Waals surface area contributed by atoms with E-state index in [9.17, 15) is 14.4 Å². The van der Waals surface area contributed by atoms with Crippen LogP contribution in [-0.4, -0.2) is 35.2 Å². The molecule has 1 N–H and O–H groups in total. The van der Waals surface area contributed by atoms with E-state index in [2.05, 4.69) is 5.32 Å². The van der Waals surface area contributed by atoms with Crippen molar-refractivity contribution in [2.75, 3.05) is 6.54 Å². The van der Waals surface area contributed by atoms with Gasteiger partial charge < -0.3 is 4.90 Å². The van der Waals surface area contributed by atoms with Crippen LogP contribution < -0.4 is 5.32 Å². The Morgan fingerprint density at radius 1 is 1.41 bits per heavy atom. The molecule has 1 aromatic rings. The van der Waals surface area contributed by atoms with Gasteiger partial charge in [-0.15, -0.1) is 0 Å². The molecule has 0 aromatic heterocycles. The van der Waals surface area contributed by atoms with Crippen molar-refractivity contribution in [3.05, 3.63) is 41.5 Å². The van der Waals surface area contributed by atoms with Crippen LogP contribution in [0.1, 0.15) is 24.5 Å². The highest BCUT2D eigenvalue weighted by Crippen LogP contribution is 2.12. The summed E-state index contributed by atoms with van der Waals surface area (Å²) in [6, 6.07) is 8.05. The van der Waals surface area contributed by atoms with E-state index in [1.807, 2.05) is 6.07 Å². The van der Waals surface area contributed by atoms with Crippen LogP contribution in [0.5, 0.6) is 0 Å². The maximum atomic E-state index is 12.2. The minimum atomic E-state index is -0.740. The van der Waals surface area contributed by atoms with Crippen molar-refractivity contribution >= 4 is 23.8 Å². The quantitative estimate of drug-likeness (QED) is 0.658. The zero-order valence-corrected chi connectivity index (χ0v) is 12.1. The molecule has 0 unspecified atom stereocenters. The fourth-order valence-electron chi connectivity index (χ4n) is 2.25. The van der Waals surface area contributed by atoms with Crippen molar-refractivity contribution in [2.45, 2.75) is 19.4 Å². The summed E-state index contributed by atoms with van der Waals surface area (Å²) in [6.07, 6.45) is 2.98. The summed E-state index contributed by atoms with van der Waals surface area (Å²) >= 11 is 0. The number of hydrogen-bond acceptors (Lipinski definition) is 4. The summed E-state index contributed by atoms with van der Waals surface area (Å²) in [5.74, 6) is -1.13. The van der Waals surface area contributed by atoms with Gasteiger partial charge >= 0.3 is 0 Å². The fraction of sp³-hybridized carbons (Fsp3) is 0.250. The molecule has 22 heavy (non-hydrogen) atoms. The van der Waals surface area contributed by atoms with Crippen molar-refractivity contribution in [3.63, 3.8) is 0 Å². The van der Waals surface area contributed by atoms with Crippen LogP contribution in [0.4, 0.5) is 0 Å². The van der Waals surface area contributed by atoms with Gasteiger partial charge in [0.05, 0.1) is 18.1 Å². The van der Waals surface area contributed by atoms with Crippen LogP contribution in [0.3, 0.4) is 0 Å². The first-order valence-corrected chi connectivity index (χ1v) is 6.87. The molecule has 1 saturated heterocycles. The molecule has 0 bridgehead atoms. The summed E-state index contributed by atoms with van der Waals surface area (Å²) in [7, 11) is 0. The molecule has 1 fully saturated rings. The first-order valence-electron chi connectivity index (χ1n) is 6.87. The molecular formula is C16H15N3O3. The van der Waals surface area contributed by atoms with Crippen molar-refractivity contribution in [1.29, 1.82) is 5.26 Å². The third kappa shape index (κ3) is 3.38. The summed E-state index contributed by atoms with van der Waals surface area (Å²) in [5, 5.41) is 10.9. The van der Waals surface area contributed by atoms with E-state index >= 15 is 0 Å². The van der Waals surface area contributed by atoms with Crippen molar-refractivity contribution in [2.24, 2.45) is 0 Å². The minimum absolute atomic E-state index is 0.00309. The predicted octanol–water partition coefficient (Wildman–Crippen LogP) is 0.835. The molecule has 112 valence electrons. The normalized spacial score (nSPS) is 17.4. The zero-order chi connectivity index (χ0) is 16.1. The maximum Gasteiger partial charge on any atom is 0.249 e.